The molecule has 0 spiro atoms. The second-order valence-electron chi connectivity index (χ2n) is 5.27. The highest BCUT2D eigenvalue weighted by Gasteiger charge is 2.16. The van der Waals surface area contributed by atoms with Gasteiger partial charge in [0.2, 0.25) is 5.91 Å². The predicted molar refractivity (Wildman–Crippen MR) is 103 cm³/mol. The Morgan fingerprint density at radius 3 is 2.83 bits per heavy atom. The first-order valence-electron chi connectivity index (χ1n) is 7.13. The molecule has 24 heavy (non-hydrogen) atoms. The topological polar surface area (TPSA) is 83.8 Å². The maximum atomic E-state index is 12.1. The van der Waals surface area contributed by atoms with Gasteiger partial charge < -0.3 is 16.0 Å². The van der Waals surface area contributed by atoms with Gasteiger partial charge in [-0.3, -0.25) is 4.79 Å². The van der Waals surface area contributed by atoms with Crippen molar-refractivity contribution in [2.75, 3.05) is 0 Å². The quantitative estimate of drug-likeness (QED) is 0.629. The lowest BCUT2D eigenvalue weighted by molar-refractivity contribution is -0.122. The smallest absolute Gasteiger partial charge is 0.237 e. The number of aromatic amines is 1. The molecular formula is C16H20Cl2N4OS. The largest absolute Gasteiger partial charge is 0.361 e. The number of hydrogen-bond acceptors (Lipinski definition) is 4. The van der Waals surface area contributed by atoms with Gasteiger partial charge in [0.15, 0.2) is 0 Å². The highest BCUT2D eigenvalue weighted by atomic mass is 35.5. The minimum Gasteiger partial charge on any atom is -0.361 e. The third-order valence-corrected chi connectivity index (χ3v) is 4.50. The number of amides is 1. The number of carbonyl (C=O) groups excluding carboxylic acids is 1. The molecule has 0 fully saturated rings. The first-order chi connectivity index (χ1) is 10.6. The number of aromatic nitrogens is 2. The molecule has 8 heteroatoms. The van der Waals surface area contributed by atoms with Gasteiger partial charge in [0.25, 0.3) is 0 Å². The van der Waals surface area contributed by atoms with E-state index in [-0.39, 0.29) is 30.7 Å². The summed E-state index contributed by atoms with van der Waals surface area (Å²) in [6, 6.07) is 7.43. The molecular weight excluding hydrogens is 367 g/mol. The SMILES string of the molecule is Cc1csc(CNC(=O)[C@@H](N)Cc2c[nH]c3ccccc23)n1.Cl.Cl. The Morgan fingerprint density at radius 1 is 1.38 bits per heavy atom. The molecule has 4 N–H and O–H groups in total. The minimum absolute atomic E-state index is 0. The lowest BCUT2D eigenvalue weighted by Crippen LogP contribution is -2.41. The Hall–Kier alpha value is -1.60. The Labute approximate surface area is 156 Å². The Morgan fingerprint density at radius 2 is 2.12 bits per heavy atom. The number of H-pyrrole nitrogens is 1. The molecule has 0 radical (unpaired) electrons. The van der Waals surface area contributed by atoms with Gasteiger partial charge >= 0.3 is 0 Å². The van der Waals surface area contributed by atoms with E-state index >= 15 is 0 Å². The molecule has 0 saturated heterocycles. The molecule has 0 aliphatic heterocycles. The number of nitrogens with one attached hydrogen (secondary N) is 2. The summed E-state index contributed by atoms with van der Waals surface area (Å²) in [7, 11) is 0. The second-order valence-corrected chi connectivity index (χ2v) is 6.21. The number of benzene rings is 1. The Kier molecular flexibility index (Phi) is 7.69. The van der Waals surface area contributed by atoms with Crippen molar-refractivity contribution >= 4 is 53.0 Å². The van der Waals surface area contributed by atoms with Crippen LogP contribution in [0.4, 0.5) is 0 Å². The van der Waals surface area contributed by atoms with Crippen LogP contribution < -0.4 is 11.1 Å². The summed E-state index contributed by atoms with van der Waals surface area (Å²) in [4.78, 5) is 19.6. The average molecular weight is 387 g/mol. The zero-order chi connectivity index (χ0) is 15.5. The van der Waals surface area contributed by atoms with E-state index in [1.807, 2.05) is 42.8 Å². The summed E-state index contributed by atoms with van der Waals surface area (Å²) >= 11 is 1.54. The van der Waals surface area contributed by atoms with E-state index in [1.165, 1.54) is 11.3 Å². The number of fused-ring (bicyclic) bond motifs is 1. The summed E-state index contributed by atoms with van der Waals surface area (Å²) in [6.45, 7) is 2.36. The number of aryl methyl sites for hydroxylation is 1. The summed E-state index contributed by atoms with van der Waals surface area (Å²) in [5, 5.41) is 6.82. The summed E-state index contributed by atoms with van der Waals surface area (Å²) in [6.07, 6.45) is 2.43. The first-order valence-corrected chi connectivity index (χ1v) is 8.01. The van der Waals surface area contributed by atoms with E-state index < -0.39 is 6.04 Å². The van der Waals surface area contributed by atoms with E-state index in [4.69, 9.17) is 5.73 Å². The molecule has 1 aromatic carbocycles. The van der Waals surface area contributed by atoms with Crippen LogP contribution in [0.25, 0.3) is 10.9 Å². The van der Waals surface area contributed by atoms with Gasteiger partial charge in [-0.15, -0.1) is 36.2 Å². The van der Waals surface area contributed by atoms with Crippen LogP contribution in [0, 0.1) is 6.92 Å². The van der Waals surface area contributed by atoms with Crippen LogP contribution in [0.5, 0.6) is 0 Å². The number of para-hydroxylation sites is 1. The van der Waals surface area contributed by atoms with Crippen molar-refractivity contribution in [3.8, 4) is 0 Å². The third-order valence-electron chi connectivity index (χ3n) is 3.53. The van der Waals surface area contributed by atoms with E-state index in [0.29, 0.717) is 13.0 Å². The van der Waals surface area contributed by atoms with Crippen molar-refractivity contribution in [2.24, 2.45) is 5.73 Å². The van der Waals surface area contributed by atoms with Crippen LogP contribution in [0.2, 0.25) is 0 Å². The van der Waals surface area contributed by atoms with E-state index in [0.717, 1.165) is 27.2 Å². The van der Waals surface area contributed by atoms with Gasteiger partial charge in [0.1, 0.15) is 5.01 Å². The van der Waals surface area contributed by atoms with Crippen molar-refractivity contribution in [3.63, 3.8) is 0 Å². The van der Waals surface area contributed by atoms with Gasteiger partial charge in [-0.1, -0.05) is 18.2 Å². The van der Waals surface area contributed by atoms with Crippen molar-refractivity contribution < 1.29 is 4.79 Å². The highest BCUT2D eigenvalue weighted by molar-refractivity contribution is 7.09. The number of nitrogens with zero attached hydrogens (tertiary/aromatic N) is 1. The molecule has 0 unspecified atom stereocenters. The summed E-state index contributed by atoms with van der Waals surface area (Å²) < 4.78 is 0. The molecule has 1 amide bonds. The predicted octanol–water partition coefficient (Wildman–Crippen LogP) is 2.96. The van der Waals surface area contributed by atoms with E-state index in [9.17, 15) is 4.79 Å². The van der Waals surface area contributed by atoms with Crippen LogP contribution in [0.1, 0.15) is 16.3 Å². The first kappa shape index (κ1) is 20.4. The molecule has 0 saturated carbocycles. The number of carbonyl (C=O) groups is 1. The summed E-state index contributed by atoms with van der Waals surface area (Å²) in [5.41, 5.74) is 9.11. The molecule has 130 valence electrons. The van der Waals surface area contributed by atoms with Gasteiger partial charge in [-0.2, -0.15) is 0 Å². The fraction of sp³-hybridized carbons (Fsp3) is 0.250. The Bertz CT molecular complexity index is 802. The number of thiazole rings is 1. The zero-order valence-electron chi connectivity index (χ0n) is 13.1. The molecule has 1 atom stereocenters. The monoisotopic (exact) mass is 386 g/mol. The number of rotatable bonds is 5. The molecule has 3 rings (SSSR count). The second kappa shape index (κ2) is 9.03. The van der Waals surface area contributed by atoms with Crippen LogP contribution in [0.3, 0.4) is 0 Å². The number of hydrogen-bond donors (Lipinski definition) is 3. The maximum Gasteiger partial charge on any atom is 0.237 e. The lowest BCUT2D eigenvalue weighted by Gasteiger charge is -2.11. The molecule has 2 aromatic heterocycles. The van der Waals surface area contributed by atoms with Crippen LogP contribution >= 0.6 is 36.2 Å². The van der Waals surface area contributed by atoms with Gasteiger partial charge in [-0.25, -0.2) is 4.98 Å². The molecule has 5 nitrogen and oxygen atoms in total. The third kappa shape index (κ3) is 4.70. The fourth-order valence-electron chi connectivity index (χ4n) is 2.41. The molecule has 0 aliphatic rings. The van der Waals surface area contributed by atoms with E-state index in [2.05, 4.69) is 15.3 Å². The van der Waals surface area contributed by atoms with Crippen LogP contribution in [-0.4, -0.2) is 21.9 Å². The fourth-order valence-corrected chi connectivity index (χ4v) is 3.12. The lowest BCUT2D eigenvalue weighted by atomic mass is 10.1. The van der Waals surface area contributed by atoms with Gasteiger partial charge in [0, 0.05) is 28.2 Å². The molecule has 3 aromatic rings. The average Bonchev–Trinajstić information content (AvgIpc) is 3.12. The van der Waals surface area contributed by atoms with Gasteiger partial charge in [-0.05, 0) is 25.0 Å². The minimum atomic E-state index is -0.569. The van der Waals surface area contributed by atoms with Crippen LogP contribution in [0.15, 0.2) is 35.8 Å². The van der Waals surface area contributed by atoms with Gasteiger partial charge in [0.05, 0.1) is 12.6 Å². The van der Waals surface area contributed by atoms with Crippen molar-refractivity contribution in [3.05, 3.63) is 52.1 Å². The van der Waals surface area contributed by atoms with Crippen molar-refractivity contribution in [2.45, 2.75) is 25.9 Å². The molecule has 0 aliphatic carbocycles. The maximum absolute atomic E-state index is 12.1. The normalized spacial score (nSPS) is 11.4. The molecule has 0 bridgehead atoms. The Balaban J connectivity index is 0.00000144. The standard InChI is InChI=1S/C16H18N4OS.2ClH/c1-10-9-22-15(20-10)8-19-16(21)13(17)6-11-7-18-14-5-3-2-4-12(11)14;;/h2-5,7,9,13,18H,6,8,17H2,1H3,(H,19,21);2*1H/t13-;;/m0../s1. The number of halogens is 2. The summed E-state index contributed by atoms with van der Waals surface area (Å²) in [5.74, 6) is -0.155. The number of nitrogens with two attached hydrogens (primary N) is 1. The molecule has 2 heterocycles. The zero-order valence-corrected chi connectivity index (χ0v) is 15.6. The van der Waals surface area contributed by atoms with Crippen molar-refractivity contribution in [1.82, 2.24) is 15.3 Å². The highest BCUT2D eigenvalue weighted by Crippen LogP contribution is 2.18. The van der Waals surface area contributed by atoms with Crippen LogP contribution in [-0.2, 0) is 17.8 Å². The van der Waals surface area contributed by atoms with E-state index in [1.54, 1.807) is 0 Å². The van der Waals surface area contributed by atoms with Crippen molar-refractivity contribution in [1.29, 1.82) is 0 Å².